The molecule has 0 radical (unpaired) electrons. The first-order valence-corrected chi connectivity index (χ1v) is 5.49. The number of aromatic nitrogens is 1. The van der Waals surface area contributed by atoms with Crippen molar-refractivity contribution in [1.29, 1.82) is 0 Å². The molecule has 0 aliphatic rings. The van der Waals surface area contributed by atoms with Gasteiger partial charge >= 0.3 is 0 Å². The molecule has 1 heterocycles. The Labute approximate surface area is 100 Å². The average molecular weight is 233 g/mol. The molecule has 0 unspecified atom stereocenters. The van der Waals surface area contributed by atoms with Gasteiger partial charge in [0.1, 0.15) is 0 Å². The van der Waals surface area contributed by atoms with Crippen LogP contribution in [0.15, 0.2) is 36.7 Å². The summed E-state index contributed by atoms with van der Waals surface area (Å²) in [5.74, 6) is 0. The van der Waals surface area contributed by atoms with Crippen molar-refractivity contribution in [2.24, 2.45) is 5.73 Å². The minimum atomic E-state index is 0.508. The van der Waals surface area contributed by atoms with E-state index in [1.54, 1.807) is 6.20 Å². The molecule has 0 bridgehead atoms. The van der Waals surface area contributed by atoms with Crippen LogP contribution in [0.25, 0.3) is 11.1 Å². The summed E-state index contributed by atoms with van der Waals surface area (Å²) in [5.41, 5.74) is 10.2. The van der Waals surface area contributed by atoms with Gasteiger partial charge in [-0.05, 0) is 47.4 Å². The molecule has 0 spiro atoms. The van der Waals surface area contributed by atoms with Gasteiger partial charge in [-0.3, -0.25) is 4.98 Å². The number of nitrogens with zero attached hydrogens (tertiary/aromatic N) is 1. The van der Waals surface area contributed by atoms with E-state index in [0.717, 1.165) is 27.3 Å². The highest BCUT2D eigenvalue weighted by atomic mass is 35.5. The standard InChI is InChI=1S/C13H13ClN2/c1-9-8-16-5-4-12(9)13-6-11(14)3-2-10(13)7-15/h2-6,8H,7,15H2,1H3. The van der Waals surface area contributed by atoms with Crippen LogP contribution in [0.2, 0.25) is 5.02 Å². The molecule has 1 aromatic heterocycles. The van der Waals surface area contributed by atoms with Gasteiger partial charge in [0.2, 0.25) is 0 Å². The van der Waals surface area contributed by atoms with E-state index in [9.17, 15) is 0 Å². The number of benzene rings is 1. The van der Waals surface area contributed by atoms with Crippen molar-refractivity contribution in [3.8, 4) is 11.1 Å². The van der Waals surface area contributed by atoms with Gasteiger partial charge in [0, 0.05) is 24.0 Å². The second kappa shape index (κ2) is 4.64. The van der Waals surface area contributed by atoms with E-state index in [4.69, 9.17) is 17.3 Å². The lowest BCUT2D eigenvalue weighted by Gasteiger charge is -2.10. The van der Waals surface area contributed by atoms with Gasteiger partial charge in [-0.25, -0.2) is 0 Å². The maximum absolute atomic E-state index is 6.02. The lowest BCUT2D eigenvalue weighted by Crippen LogP contribution is -1.99. The van der Waals surface area contributed by atoms with Crippen LogP contribution < -0.4 is 5.73 Å². The molecule has 0 atom stereocenters. The topological polar surface area (TPSA) is 38.9 Å². The van der Waals surface area contributed by atoms with Gasteiger partial charge in [-0.15, -0.1) is 0 Å². The third-order valence-electron chi connectivity index (χ3n) is 2.60. The summed E-state index contributed by atoms with van der Waals surface area (Å²) in [6.07, 6.45) is 3.63. The van der Waals surface area contributed by atoms with Crippen LogP contribution in [0.5, 0.6) is 0 Å². The summed E-state index contributed by atoms with van der Waals surface area (Å²) in [6.45, 7) is 2.54. The van der Waals surface area contributed by atoms with E-state index in [0.29, 0.717) is 6.54 Å². The highest BCUT2D eigenvalue weighted by Gasteiger charge is 2.07. The lowest BCUT2D eigenvalue weighted by atomic mass is 9.97. The number of halogens is 1. The van der Waals surface area contributed by atoms with Crippen molar-refractivity contribution < 1.29 is 0 Å². The van der Waals surface area contributed by atoms with Crippen molar-refractivity contribution >= 4 is 11.6 Å². The first-order chi connectivity index (χ1) is 7.72. The number of pyridine rings is 1. The van der Waals surface area contributed by atoms with Crippen molar-refractivity contribution in [2.75, 3.05) is 0 Å². The van der Waals surface area contributed by atoms with Crippen molar-refractivity contribution in [1.82, 2.24) is 4.98 Å². The van der Waals surface area contributed by atoms with Gasteiger partial charge < -0.3 is 5.73 Å². The third kappa shape index (κ3) is 2.08. The van der Waals surface area contributed by atoms with Crippen LogP contribution in [-0.4, -0.2) is 4.98 Å². The molecule has 16 heavy (non-hydrogen) atoms. The zero-order valence-corrected chi connectivity index (χ0v) is 9.83. The zero-order chi connectivity index (χ0) is 11.5. The van der Waals surface area contributed by atoms with Crippen molar-refractivity contribution in [3.05, 3.63) is 52.8 Å². The highest BCUT2D eigenvalue weighted by Crippen LogP contribution is 2.28. The molecular weight excluding hydrogens is 220 g/mol. The Kier molecular flexibility index (Phi) is 3.22. The molecule has 0 aliphatic carbocycles. The SMILES string of the molecule is Cc1cnccc1-c1cc(Cl)ccc1CN. The predicted molar refractivity (Wildman–Crippen MR) is 67.3 cm³/mol. The van der Waals surface area contributed by atoms with Gasteiger partial charge in [0.25, 0.3) is 0 Å². The monoisotopic (exact) mass is 232 g/mol. The molecule has 0 fully saturated rings. The van der Waals surface area contributed by atoms with Crippen LogP contribution >= 0.6 is 11.6 Å². The number of hydrogen-bond acceptors (Lipinski definition) is 2. The molecule has 0 aliphatic heterocycles. The molecule has 0 saturated heterocycles. The molecule has 2 N–H and O–H groups in total. The Morgan fingerprint density at radius 2 is 2.06 bits per heavy atom. The zero-order valence-electron chi connectivity index (χ0n) is 9.07. The smallest absolute Gasteiger partial charge is 0.0412 e. The molecule has 0 amide bonds. The highest BCUT2D eigenvalue weighted by molar-refractivity contribution is 6.30. The molecule has 0 saturated carbocycles. The van der Waals surface area contributed by atoms with Crippen LogP contribution in [0.4, 0.5) is 0 Å². The molecule has 2 nitrogen and oxygen atoms in total. The van der Waals surface area contributed by atoms with Gasteiger partial charge in [-0.1, -0.05) is 17.7 Å². The lowest BCUT2D eigenvalue weighted by molar-refractivity contribution is 1.07. The molecule has 3 heteroatoms. The summed E-state index contributed by atoms with van der Waals surface area (Å²) in [5, 5.41) is 0.725. The third-order valence-corrected chi connectivity index (χ3v) is 2.84. The van der Waals surface area contributed by atoms with E-state index < -0.39 is 0 Å². The first kappa shape index (κ1) is 11.1. The van der Waals surface area contributed by atoms with Crippen LogP contribution in [-0.2, 0) is 6.54 Å². The molecular formula is C13H13ClN2. The van der Waals surface area contributed by atoms with Gasteiger partial charge in [0.05, 0.1) is 0 Å². The fourth-order valence-electron chi connectivity index (χ4n) is 1.75. The second-order valence-corrected chi connectivity index (χ2v) is 4.13. The minimum Gasteiger partial charge on any atom is -0.326 e. The second-order valence-electron chi connectivity index (χ2n) is 3.70. The van der Waals surface area contributed by atoms with Gasteiger partial charge in [0.15, 0.2) is 0 Å². The van der Waals surface area contributed by atoms with E-state index in [1.165, 1.54) is 0 Å². The Morgan fingerprint density at radius 1 is 1.25 bits per heavy atom. The van der Waals surface area contributed by atoms with Crippen LogP contribution in [0.3, 0.4) is 0 Å². The maximum Gasteiger partial charge on any atom is 0.0412 e. The normalized spacial score (nSPS) is 10.4. The minimum absolute atomic E-state index is 0.508. The maximum atomic E-state index is 6.02. The Morgan fingerprint density at radius 3 is 2.75 bits per heavy atom. The summed E-state index contributed by atoms with van der Waals surface area (Å²) in [7, 11) is 0. The fraction of sp³-hybridized carbons (Fsp3) is 0.154. The molecule has 2 aromatic rings. The van der Waals surface area contributed by atoms with Crippen LogP contribution in [0, 0.1) is 6.92 Å². The summed E-state index contributed by atoms with van der Waals surface area (Å²) in [6, 6.07) is 7.77. The van der Waals surface area contributed by atoms with E-state index in [-0.39, 0.29) is 0 Å². The number of hydrogen-bond donors (Lipinski definition) is 1. The van der Waals surface area contributed by atoms with E-state index in [1.807, 2.05) is 37.4 Å². The summed E-state index contributed by atoms with van der Waals surface area (Å²) >= 11 is 6.02. The van der Waals surface area contributed by atoms with Crippen molar-refractivity contribution in [3.63, 3.8) is 0 Å². The van der Waals surface area contributed by atoms with E-state index in [2.05, 4.69) is 4.98 Å². The fourth-order valence-corrected chi connectivity index (χ4v) is 1.93. The Hall–Kier alpha value is -1.38. The summed E-state index contributed by atoms with van der Waals surface area (Å²) < 4.78 is 0. The number of rotatable bonds is 2. The quantitative estimate of drug-likeness (QED) is 0.864. The van der Waals surface area contributed by atoms with Crippen LogP contribution in [0.1, 0.15) is 11.1 Å². The Bertz CT molecular complexity index is 509. The predicted octanol–water partition coefficient (Wildman–Crippen LogP) is 3.17. The molecule has 1 aromatic carbocycles. The summed E-state index contributed by atoms with van der Waals surface area (Å²) in [4.78, 5) is 4.08. The molecule has 82 valence electrons. The first-order valence-electron chi connectivity index (χ1n) is 5.12. The molecule has 2 rings (SSSR count). The Balaban J connectivity index is 2.63. The van der Waals surface area contributed by atoms with Crippen molar-refractivity contribution in [2.45, 2.75) is 13.5 Å². The average Bonchev–Trinajstić information content (AvgIpc) is 2.29. The number of nitrogens with two attached hydrogens (primary N) is 1. The van der Waals surface area contributed by atoms with E-state index >= 15 is 0 Å². The largest absolute Gasteiger partial charge is 0.326 e. The van der Waals surface area contributed by atoms with Gasteiger partial charge in [-0.2, -0.15) is 0 Å². The number of aryl methyl sites for hydroxylation is 1.